The Hall–Kier alpha value is -2.37. The Morgan fingerprint density at radius 3 is 2.95 bits per heavy atom. The van der Waals surface area contributed by atoms with Gasteiger partial charge in [0.1, 0.15) is 0 Å². The number of aromatic nitrogens is 3. The fourth-order valence-corrected chi connectivity index (χ4v) is 1.81. The molecule has 100 valence electrons. The number of hydrogen-bond acceptors (Lipinski definition) is 4. The highest BCUT2D eigenvalue weighted by Gasteiger charge is 2.09. The van der Waals surface area contributed by atoms with Crippen molar-refractivity contribution in [2.75, 3.05) is 5.32 Å². The van der Waals surface area contributed by atoms with Crippen LogP contribution in [0.15, 0.2) is 36.7 Å². The number of rotatable bonds is 6. The fourth-order valence-electron chi connectivity index (χ4n) is 1.81. The second-order valence-electron chi connectivity index (χ2n) is 4.34. The highest BCUT2D eigenvalue weighted by molar-refractivity contribution is 5.67. The summed E-state index contributed by atoms with van der Waals surface area (Å²) in [7, 11) is 0. The van der Waals surface area contributed by atoms with Gasteiger partial charge in [0, 0.05) is 12.5 Å². The van der Waals surface area contributed by atoms with E-state index in [4.69, 9.17) is 5.11 Å². The van der Waals surface area contributed by atoms with E-state index in [1.807, 2.05) is 31.2 Å². The monoisotopic (exact) mass is 260 g/mol. The van der Waals surface area contributed by atoms with E-state index in [2.05, 4.69) is 15.6 Å². The summed E-state index contributed by atoms with van der Waals surface area (Å²) in [6.07, 6.45) is 4.10. The number of nitrogens with one attached hydrogen (secondary N) is 1. The number of anilines is 1. The van der Waals surface area contributed by atoms with Crippen LogP contribution in [0.4, 0.5) is 5.69 Å². The smallest absolute Gasteiger partial charge is 0.303 e. The van der Waals surface area contributed by atoms with Crippen LogP contribution in [-0.4, -0.2) is 32.1 Å². The Morgan fingerprint density at radius 2 is 2.26 bits per heavy atom. The van der Waals surface area contributed by atoms with Crippen LogP contribution >= 0.6 is 0 Å². The number of aliphatic carboxylic acids is 1. The Labute approximate surface area is 111 Å². The van der Waals surface area contributed by atoms with Crippen molar-refractivity contribution in [1.82, 2.24) is 15.0 Å². The molecule has 2 N–H and O–H groups in total. The summed E-state index contributed by atoms with van der Waals surface area (Å²) in [5.74, 6) is -0.779. The van der Waals surface area contributed by atoms with Crippen LogP contribution < -0.4 is 5.32 Å². The molecule has 6 heteroatoms. The van der Waals surface area contributed by atoms with Gasteiger partial charge in [-0.05, 0) is 25.5 Å². The number of hydrogen-bond donors (Lipinski definition) is 2. The fraction of sp³-hybridized carbons (Fsp3) is 0.308. The van der Waals surface area contributed by atoms with E-state index in [0.717, 1.165) is 11.4 Å². The van der Waals surface area contributed by atoms with E-state index in [1.165, 1.54) is 0 Å². The highest BCUT2D eigenvalue weighted by atomic mass is 16.4. The summed E-state index contributed by atoms with van der Waals surface area (Å²) >= 11 is 0. The molecule has 0 radical (unpaired) electrons. The molecule has 0 spiro atoms. The van der Waals surface area contributed by atoms with Gasteiger partial charge in [0.2, 0.25) is 0 Å². The Kier molecular flexibility index (Phi) is 4.12. The van der Waals surface area contributed by atoms with Gasteiger partial charge in [-0.3, -0.25) is 4.79 Å². The second kappa shape index (κ2) is 5.99. The number of benzene rings is 1. The first-order valence-electron chi connectivity index (χ1n) is 6.11. The zero-order valence-electron chi connectivity index (χ0n) is 10.7. The molecule has 2 aromatic rings. The molecule has 6 nitrogen and oxygen atoms in total. The molecule has 0 saturated heterocycles. The molecule has 0 aliphatic rings. The van der Waals surface area contributed by atoms with Crippen molar-refractivity contribution in [3.63, 3.8) is 0 Å². The normalized spacial score (nSPS) is 12.1. The van der Waals surface area contributed by atoms with E-state index in [0.29, 0.717) is 6.42 Å². The molecule has 1 atom stereocenters. The minimum absolute atomic E-state index is 0.0702. The predicted octanol–water partition coefficient (Wildman–Crippen LogP) is 1.93. The predicted molar refractivity (Wildman–Crippen MR) is 71.3 cm³/mol. The van der Waals surface area contributed by atoms with E-state index < -0.39 is 5.97 Å². The van der Waals surface area contributed by atoms with Gasteiger partial charge in [0.25, 0.3) is 0 Å². The first-order chi connectivity index (χ1) is 9.16. The van der Waals surface area contributed by atoms with Gasteiger partial charge < -0.3 is 10.4 Å². The molecule has 1 heterocycles. The number of para-hydroxylation sites is 2. The molecule has 1 aromatic heterocycles. The lowest BCUT2D eigenvalue weighted by Gasteiger charge is -2.17. The van der Waals surface area contributed by atoms with E-state index in [-0.39, 0.29) is 12.5 Å². The van der Waals surface area contributed by atoms with Gasteiger partial charge in [-0.1, -0.05) is 17.3 Å². The molecule has 0 bridgehead atoms. The number of carboxylic acids is 1. The van der Waals surface area contributed by atoms with Crippen molar-refractivity contribution >= 4 is 11.7 Å². The molecule has 1 aromatic carbocycles. The molecule has 0 fully saturated rings. The van der Waals surface area contributed by atoms with Gasteiger partial charge in [-0.25, -0.2) is 4.68 Å². The summed E-state index contributed by atoms with van der Waals surface area (Å²) < 4.78 is 1.67. The van der Waals surface area contributed by atoms with Gasteiger partial charge in [0.15, 0.2) is 0 Å². The molecule has 0 saturated carbocycles. The maximum Gasteiger partial charge on any atom is 0.303 e. The lowest BCUT2D eigenvalue weighted by molar-refractivity contribution is -0.137. The average molecular weight is 260 g/mol. The maximum absolute atomic E-state index is 10.6. The summed E-state index contributed by atoms with van der Waals surface area (Å²) in [4.78, 5) is 10.6. The third-order valence-electron chi connectivity index (χ3n) is 2.77. The lowest BCUT2D eigenvalue weighted by atomic mass is 10.1. The van der Waals surface area contributed by atoms with Crippen LogP contribution in [0.2, 0.25) is 0 Å². The van der Waals surface area contributed by atoms with Crippen LogP contribution in [0.3, 0.4) is 0 Å². The van der Waals surface area contributed by atoms with Gasteiger partial charge >= 0.3 is 5.97 Å². The third kappa shape index (κ3) is 3.54. The zero-order valence-corrected chi connectivity index (χ0v) is 10.7. The van der Waals surface area contributed by atoms with E-state index >= 15 is 0 Å². The molecule has 0 aliphatic heterocycles. The van der Waals surface area contributed by atoms with Gasteiger partial charge in [-0.15, -0.1) is 5.10 Å². The minimum atomic E-state index is -0.779. The van der Waals surface area contributed by atoms with Gasteiger partial charge in [-0.2, -0.15) is 0 Å². The van der Waals surface area contributed by atoms with Gasteiger partial charge in [0.05, 0.1) is 23.8 Å². The van der Waals surface area contributed by atoms with Crippen LogP contribution in [-0.2, 0) is 4.79 Å². The third-order valence-corrected chi connectivity index (χ3v) is 2.77. The van der Waals surface area contributed by atoms with Crippen LogP contribution in [0.5, 0.6) is 0 Å². The molecular formula is C13H16N4O2. The number of carboxylic acid groups (broad SMARTS) is 1. The van der Waals surface area contributed by atoms with Crippen LogP contribution in [0, 0.1) is 0 Å². The van der Waals surface area contributed by atoms with Crippen molar-refractivity contribution in [3.05, 3.63) is 36.7 Å². The molecular weight excluding hydrogens is 244 g/mol. The van der Waals surface area contributed by atoms with Crippen molar-refractivity contribution in [1.29, 1.82) is 0 Å². The van der Waals surface area contributed by atoms with Crippen molar-refractivity contribution in [3.8, 4) is 5.69 Å². The average Bonchev–Trinajstić information content (AvgIpc) is 2.91. The summed E-state index contributed by atoms with van der Waals surface area (Å²) in [6.45, 7) is 1.96. The van der Waals surface area contributed by atoms with Crippen LogP contribution in [0.25, 0.3) is 5.69 Å². The minimum Gasteiger partial charge on any atom is -0.481 e. The first-order valence-corrected chi connectivity index (χ1v) is 6.11. The zero-order chi connectivity index (χ0) is 13.7. The maximum atomic E-state index is 10.6. The van der Waals surface area contributed by atoms with Crippen molar-refractivity contribution in [2.45, 2.75) is 25.8 Å². The summed E-state index contributed by atoms with van der Waals surface area (Å²) in [5.41, 5.74) is 1.80. The Bertz CT molecular complexity index is 539. The summed E-state index contributed by atoms with van der Waals surface area (Å²) in [6, 6.07) is 7.78. The second-order valence-corrected chi connectivity index (χ2v) is 4.34. The quantitative estimate of drug-likeness (QED) is 0.829. The number of carbonyl (C=O) groups is 1. The molecule has 0 amide bonds. The van der Waals surface area contributed by atoms with Crippen molar-refractivity contribution in [2.24, 2.45) is 0 Å². The Balaban J connectivity index is 2.10. The number of nitrogens with zero attached hydrogens (tertiary/aromatic N) is 3. The van der Waals surface area contributed by atoms with Crippen LogP contribution in [0.1, 0.15) is 19.8 Å². The lowest BCUT2D eigenvalue weighted by Crippen LogP contribution is -2.18. The van der Waals surface area contributed by atoms with Crippen molar-refractivity contribution < 1.29 is 9.90 Å². The standard InChI is InChI=1S/C13H16N4O2/c1-10(6-7-13(18)19)15-11-4-2-3-5-12(11)17-9-8-14-16-17/h2-5,8-10,15H,6-7H2,1H3,(H,18,19). The summed E-state index contributed by atoms with van der Waals surface area (Å²) in [5, 5.41) is 19.7. The highest BCUT2D eigenvalue weighted by Crippen LogP contribution is 2.20. The van der Waals surface area contributed by atoms with E-state index in [9.17, 15) is 4.79 Å². The largest absolute Gasteiger partial charge is 0.481 e. The molecule has 2 rings (SSSR count). The first kappa shape index (κ1) is 13.1. The molecule has 1 unspecified atom stereocenters. The SMILES string of the molecule is CC(CCC(=O)O)Nc1ccccc1-n1ccnn1. The molecule has 19 heavy (non-hydrogen) atoms. The molecule has 0 aliphatic carbocycles. The van der Waals surface area contributed by atoms with E-state index in [1.54, 1.807) is 17.1 Å². The Morgan fingerprint density at radius 1 is 1.47 bits per heavy atom. The topological polar surface area (TPSA) is 80.0 Å².